The lowest BCUT2D eigenvalue weighted by Crippen LogP contribution is -2.36. The third-order valence-electron chi connectivity index (χ3n) is 5.33. The molecule has 184 valence electrons. The van der Waals surface area contributed by atoms with Gasteiger partial charge in [-0.05, 0) is 19.1 Å². The van der Waals surface area contributed by atoms with Gasteiger partial charge in [0.05, 0.1) is 23.2 Å². The molecule has 0 bridgehead atoms. The number of carbonyl (C=O) groups excluding carboxylic acids is 1. The Morgan fingerprint density at radius 3 is 2.51 bits per heavy atom. The summed E-state index contributed by atoms with van der Waals surface area (Å²) in [6, 6.07) is 0.778. The van der Waals surface area contributed by atoms with Crippen LogP contribution < -0.4 is 16.6 Å². The minimum Gasteiger partial charge on any atom is -0.444 e. The zero-order valence-electron chi connectivity index (χ0n) is 18.2. The number of fused-ring (bicyclic) bond motifs is 1. The van der Waals surface area contributed by atoms with Crippen LogP contribution in [0.4, 0.5) is 27.1 Å². The Morgan fingerprint density at radius 2 is 1.86 bits per heavy atom. The minimum atomic E-state index is -5.04. The number of halogens is 5. The number of nitrogens with one attached hydrogen (secondary N) is 1. The highest BCUT2D eigenvalue weighted by molar-refractivity contribution is 7.14. The number of aromatic nitrogens is 3. The van der Waals surface area contributed by atoms with Gasteiger partial charge in [-0.25, -0.2) is 18.6 Å². The molecule has 4 aromatic rings. The first-order chi connectivity index (χ1) is 16.3. The van der Waals surface area contributed by atoms with Crippen molar-refractivity contribution in [2.24, 2.45) is 14.1 Å². The van der Waals surface area contributed by atoms with Crippen LogP contribution in [-0.2, 0) is 31.5 Å². The highest BCUT2D eigenvalue weighted by Crippen LogP contribution is 2.37. The van der Waals surface area contributed by atoms with Crippen molar-refractivity contribution in [1.82, 2.24) is 14.1 Å². The molecule has 0 radical (unpaired) electrons. The molecule has 0 saturated carbocycles. The van der Waals surface area contributed by atoms with Crippen LogP contribution in [0.25, 0.3) is 22.4 Å². The number of hydrogen-bond donors (Lipinski definition) is 1. The van der Waals surface area contributed by atoms with Crippen molar-refractivity contribution in [1.29, 1.82) is 0 Å². The number of aryl methyl sites for hydroxylation is 2. The second kappa shape index (κ2) is 8.45. The van der Waals surface area contributed by atoms with E-state index in [-0.39, 0.29) is 34.0 Å². The number of nitrogens with zero attached hydrogens (tertiary/aromatic N) is 3. The Kier molecular flexibility index (Phi) is 5.87. The molecular weight excluding hydrogens is 499 g/mol. The molecule has 0 unspecified atom stereocenters. The molecule has 0 saturated heterocycles. The van der Waals surface area contributed by atoms with Gasteiger partial charge in [-0.3, -0.25) is 18.7 Å². The SMILES string of the molecule is Cc1oc2c(c1CC(=O)Nc1nc(-c3c(F)ccc(C(F)(F)F)c3F)cs1)c(=O)n(C)c(=O)n2C. The fourth-order valence-corrected chi connectivity index (χ4v) is 4.29. The van der Waals surface area contributed by atoms with E-state index in [9.17, 15) is 36.3 Å². The normalized spacial score (nSPS) is 11.9. The quantitative estimate of drug-likeness (QED) is 0.419. The molecule has 1 amide bonds. The average Bonchev–Trinajstić information content (AvgIpc) is 3.34. The predicted molar refractivity (Wildman–Crippen MR) is 116 cm³/mol. The Balaban J connectivity index is 1.64. The van der Waals surface area contributed by atoms with Crippen LogP contribution in [0.2, 0.25) is 0 Å². The lowest BCUT2D eigenvalue weighted by molar-refractivity contribution is -0.140. The molecular formula is C21H15F5N4O4S. The van der Waals surface area contributed by atoms with Crippen molar-refractivity contribution in [3.05, 3.63) is 66.9 Å². The molecule has 0 spiro atoms. The summed E-state index contributed by atoms with van der Waals surface area (Å²) in [6.45, 7) is 1.51. The standard InChI is InChI=1S/C21H15F5N4O4S/c1-8-9(14-17(32)29(2)20(33)30(3)18(14)34-8)6-13(31)28-19-27-12(7-35-19)15-11(22)5-4-10(16(15)23)21(24,25)26/h4-5,7H,6H2,1-3H3,(H,27,28,31). The topological polar surface area (TPSA) is 99.1 Å². The van der Waals surface area contributed by atoms with Gasteiger partial charge in [0.15, 0.2) is 5.13 Å². The van der Waals surface area contributed by atoms with Crippen LogP contribution in [0.15, 0.2) is 31.5 Å². The number of carbonyl (C=O) groups is 1. The molecule has 8 nitrogen and oxygen atoms in total. The van der Waals surface area contributed by atoms with Crippen molar-refractivity contribution in [3.8, 4) is 11.3 Å². The van der Waals surface area contributed by atoms with E-state index < -0.39 is 51.8 Å². The molecule has 0 aliphatic rings. The van der Waals surface area contributed by atoms with Crippen molar-refractivity contribution >= 4 is 33.5 Å². The summed E-state index contributed by atoms with van der Waals surface area (Å²) in [5.41, 5.74) is -4.11. The number of alkyl halides is 3. The largest absolute Gasteiger partial charge is 0.444 e. The lowest BCUT2D eigenvalue weighted by atomic mass is 10.1. The van der Waals surface area contributed by atoms with Gasteiger partial charge in [0.1, 0.15) is 22.8 Å². The predicted octanol–water partition coefficient (Wildman–Crippen LogP) is 3.74. The average molecular weight is 514 g/mol. The van der Waals surface area contributed by atoms with E-state index in [1.807, 2.05) is 0 Å². The zero-order valence-corrected chi connectivity index (χ0v) is 19.0. The summed E-state index contributed by atoms with van der Waals surface area (Å²) in [6.07, 6.45) is -5.40. The first-order valence-corrected chi connectivity index (χ1v) is 10.7. The summed E-state index contributed by atoms with van der Waals surface area (Å²) >= 11 is 0.742. The van der Waals surface area contributed by atoms with Gasteiger partial charge in [0.2, 0.25) is 11.6 Å². The van der Waals surface area contributed by atoms with E-state index in [4.69, 9.17) is 4.42 Å². The maximum absolute atomic E-state index is 14.4. The first kappa shape index (κ1) is 24.3. The van der Waals surface area contributed by atoms with Crippen molar-refractivity contribution in [2.45, 2.75) is 19.5 Å². The van der Waals surface area contributed by atoms with E-state index in [0.717, 1.165) is 25.9 Å². The molecule has 0 atom stereocenters. The van der Waals surface area contributed by atoms with Crippen molar-refractivity contribution in [3.63, 3.8) is 0 Å². The lowest BCUT2D eigenvalue weighted by Gasteiger charge is -2.10. The smallest absolute Gasteiger partial charge is 0.419 e. The van der Waals surface area contributed by atoms with Gasteiger partial charge >= 0.3 is 11.9 Å². The van der Waals surface area contributed by atoms with Gasteiger partial charge in [-0.1, -0.05) is 0 Å². The van der Waals surface area contributed by atoms with Gasteiger partial charge in [-0.15, -0.1) is 11.3 Å². The van der Waals surface area contributed by atoms with E-state index in [0.29, 0.717) is 12.1 Å². The van der Waals surface area contributed by atoms with Gasteiger partial charge in [0.25, 0.3) is 5.56 Å². The fourth-order valence-electron chi connectivity index (χ4n) is 3.58. The third-order valence-corrected chi connectivity index (χ3v) is 6.09. The molecule has 1 aromatic carbocycles. The molecule has 3 aromatic heterocycles. The molecule has 4 rings (SSSR count). The summed E-state index contributed by atoms with van der Waals surface area (Å²) in [7, 11) is 2.68. The summed E-state index contributed by atoms with van der Waals surface area (Å²) in [5, 5.41) is 3.39. The Hall–Kier alpha value is -3.81. The summed E-state index contributed by atoms with van der Waals surface area (Å²) in [4.78, 5) is 41.2. The number of hydrogen-bond acceptors (Lipinski definition) is 6. The Morgan fingerprint density at radius 1 is 1.17 bits per heavy atom. The molecule has 0 fully saturated rings. The molecule has 0 aliphatic carbocycles. The molecule has 3 heterocycles. The highest BCUT2D eigenvalue weighted by Gasteiger charge is 2.36. The Labute approximate surface area is 196 Å². The molecule has 0 aliphatic heterocycles. The number of thiazole rings is 1. The van der Waals surface area contributed by atoms with Crippen LogP contribution in [0.3, 0.4) is 0 Å². The third kappa shape index (κ3) is 4.13. The number of benzene rings is 1. The number of amides is 1. The molecule has 35 heavy (non-hydrogen) atoms. The maximum Gasteiger partial charge on any atom is 0.419 e. The van der Waals surface area contributed by atoms with Crippen LogP contribution in [0, 0.1) is 18.6 Å². The number of rotatable bonds is 4. The van der Waals surface area contributed by atoms with Crippen molar-refractivity contribution in [2.75, 3.05) is 5.32 Å². The zero-order chi connectivity index (χ0) is 25.8. The van der Waals surface area contributed by atoms with E-state index >= 15 is 0 Å². The highest BCUT2D eigenvalue weighted by atomic mass is 32.1. The number of anilines is 1. The monoisotopic (exact) mass is 514 g/mol. The van der Waals surface area contributed by atoms with E-state index in [1.165, 1.54) is 21.0 Å². The van der Waals surface area contributed by atoms with Gasteiger partial charge < -0.3 is 9.73 Å². The first-order valence-electron chi connectivity index (χ1n) is 9.80. The minimum absolute atomic E-state index is 0.00886. The fraction of sp³-hybridized carbons (Fsp3) is 0.238. The second-order valence-electron chi connectivity index (χ2n) is 7.57. The number of furan rings is 1. The Bertz CT molecular complexity index is 1610. The molecule has 1 N–H and O–H groups in total. The second-order valence-corrected chi connectivity index (χ2v) is 8.43. The maximum atomic E-state index is 14.4. The summed E-state index contributed by atoms with van der Waals surface area (Å²) in [5.74, 6) is -3.53. The van der Waals surface area contributed by atoms with E-state index in [2.05, 4.69) is 10.3 Å². The van der Waals surface area contributed by atoms with Gasteiger partial charge in [-0.2, -0.15) is 13.2 Å². The summed E-state index contributed by atoms with van der Waals surface area (Å²) < 4.78 is 75.0. The van der Waals surface area contributed by atoms with Crippen LogP contribution in [0.5, 0.6) is 0 Å². The van der Waals surface area contributed by atoms with Crippen LogP contribution >= 0.6 is 11.3 Å². The molecule has 14 heteroatoms. The van der Waals surface area contributed by atoms with E-state index in [1.54, 1.807) is 0 Å². The van der Waals surface area contributed by atoms with Crippen LogP contribution in [-0.4, -0.2) is 20.0 Å². The van der Waals surface area contributed by atoms with Crippen molar-refractivity contribution < 1.29 is 31.2 Å². The van der Waals surface area contributed by atoms with Crippen LogP contribution in [0.1, 0.15) is 16.9 Å². The van der Waals surface area contributed by atoms with Gasteiger partial charge in [0, 0.05) is 25.0 Å².